The summed E-state index contributed by atoms with van der Waals surface area (Å²) in [4.78, 5) is 38.3. The molecule has 35 heavy (non-hydrogen) atoms. The fourth-order valence-electron chi connectivity index (χ4n) is 3.36. The zero-order chi connectivity index (χ0) is 25.6. The molecule has 0 bridgehead atoms. The minimum Gasteiger partial charge on any atom is -0.445 e. The second-order valence-corrected chi connectivity index (χ2v) is 10.6. The van der Waals surface area contributed by atoms with E-state index < -0.39 is 24.1 Å². The van der Waals surface area contributed by atoms with E-state index in [-0.39, 0.29) is 24.1 Å². The van der Waals surface area contributed by atoms with Gasteiger partial charge in [-0.3, -0.25) is 9.59 Å². The topological polar surface area (TPSA) is 84.5 Å². The Hall–Kier alpha value is -2.39. The summed E-state index contributed by atoms with van der Waals surface area (Å²) in [6.07, 6.45) is 1.94. The molecule has 9 heteroatoms. The molecule has 0 radical (unpaired) electrons. The molecule has 2 N–H and O–H groups in total. The van der Waals surface area contributed by atoms with Gasteiger partial charge in [0.25, 0.3) is 0 Å². The van der Waals surface area contributed by atoms with Gasteiger partial charge < -0.3 is 15.4 Å². The zero-order valence-electron chi connectivity index (χ0n) is 20.6. The quantitative estimate of drug-likeness (QED) is 0.313. The Labute approximate surface area is 215 Å². The van der Waals surface area contributed by atoms with Crippen molar-refractivity contribution < 1.29 is 23.5 Å². The smallest absolute Gasteiger partial charge is 0.408 e. The van der Waals surface area contributed by atoms with E-state index in [4.69, 9.17) is 4.74 Å². The molecule has 6 nitrogen and oxygen atoms in total. The molecule has 0 aliphatic heterocycles. The van der Waals surface area contributed by atoms with Gasteiger partial charge in [0.05, 0.1) is 11.8 Å². The van der Waals surface area contributed by atoms with Crippen molar-refractivity contribution in [2.45, 2.75) is 70.9 Å². The maximum atomic E-state index is 13.1. The van der Waals surface area contributed by atoms with Crippen LogP contribution in [0.2, 0.25) is 0 Å². The normalized spacial score (nSPS) is 12.7. The molecule has 0 saturated carbocycles. The van der Waals surface area contributed by atoms with E-state index in [0.29, 0.717) is 24.2 Å². The molecule has 1 aromatic heterocycles. The van der Waals surface area contributed by atoms with Gasteiger partial charge >= 0.3 is 6.09 Å². The van der Waals surface area contributed by atoms with E-state index in [2.05, 4.69) is 16.0 Å². The number of benzene rings is 1. The Balaban J connectivity index is 1.93. The summed E-state index contributed by atoms with van der Waals surface area (Å²) in [5.41, 5.74) is 1.82. The molecular weight excluding hydrogens is 487 g/mol. The Bertz CT molecular complexity index is 920. The number of carbonyl (C=O) groups is 3. The number of carbonyl (C=O) groups excluding carboxylic acids is 3. The number of thioether (sulfide) groups is 1. The minimum atomic E-state index is -0.828. The van der Waals surface area contributed by atoms with Gasteiger partial charge in [-0.05, 0) is 58.8 Å². The fraction of sp³-hybridized carbons (Fsp3) is 0.500. The van der Waals surface area contributed by atoms with Crippen LogP contribution in [0.15, 0.2) is 41.1 Å². The number of ether oxygens (including phenoxy) is 1. The summed E-state index contributed by atoms with van der Waals surface area (Å²) in [6, 6.07) is 6.25. The standard InChI is InChI=1S/C26H35FN2O4S2/c1-4-5-6-22(24(30)17-35-16-20-11-12-34-15-20)28-25(31)23(13-18(2)3)29-26(32)33-14-19-7-9-21(27)10-8-19/h7-12,15,18,22-23H,4-6,13-14,16-17H2,1-3H3,(H,28,31)(H,29,32)/t22-,23-/m0/s1. The predicted molar refractivity (Wildman–Crippen MR) is 140 cm³/mol. The van der Waals surface area contributed by atoms with Crippen LogP contribution >= 0.6 is 23.1 Å². The molecule has 0 aliphatic carbocycles. The molecule has 0 aliphatic rings. The lowest BCUT2D eigenvalue weighted by atomic mass is 10.0. The summed E-state index contributed by atoms with van der Waals surface area (Å²) in [7, 11) is 0. The van der Waals surface area contributed by atoms with E-state index in [0.717, 1.165) is 18.6 Å². The Kier molecular flexibility index (Phi) is 12.8. The van der Waals surface area contributed by atoms with Gasteiger partial charge in [0.15, 0.2) is 5.78 Å². The third kappa shape index (κ3) is 11.3. The lowest BCUT2D eigenvalue weighted by molar-refractivity contribution is -0.128. The number of rotatable bonds is 15. The molecule has 1 heterocycles. The first-order chi connectivity index (χ1) is 16.8. The average molecular weight is 523 g/mol. The molecule has 1 aromatic carbocycles. The van der Waals surface area contributed by atoms with Crippen LogP contribution in [0.5, 0.6) is 0 Å². The van der Waals surface area contributed by atoms with Crippen LogP contribution in [0.25, 0.3) is 0 Å². The Morgan fingerprint density at radius 2 is 1.80 bits per heavy atom. The summed E-state index contributed by atoms with van der Waals surface area (Å²) >= 11 is 3.16. The third-order valence-corrected chi connectivity index (χ3v) is 7.00. The van der Waals surface area contributed by atoms with Gasteiger partial charge in [0, 0.05) is 5.75 Å². The van der Waals surface area contributed by atoms with Crippen molar-refractivity contribution in [2.75, 3.05) is 5.75 Å². The largest absolute Gasteiger partial charge is 0.445 e. The molecular formula is C26H35FN2O4S2. The Morgan fingerprint density at radius 1 is 1.06 bits per heavy atom. The van der Waals surface area contributed by atoms with E-state index >= 15 is 0 Å². The van der Waals surface area contributed by atoms with Gasteiger partial charge in [0.2, 0.25) is 5.91 Å². The molecule has 0 saturated heterocycles. The highest BCUT2D eigenvalue weighted by atomic mass is 32.2. The van der Waals surface area contributed by atoms with E-state index in [1.807, 2.05) is 32.2 Å². The number of amides is 2. The van der Waals surface area contributed by atoms with Crippen LogP contribution in [0.3, 0.4) is 0 Å². The number of alkyl carbamates (subject to hydrolysis) is 1. The molecule has 2 rings (SSSR count). The maximum Gasteiger partial charge on any atom is 0.408 e. The number of unbranched alkanes of at least 4 members (excludes halogenated alkanes) is 1. The summed E-state index contributed by atoms with van der Waals surface area (Å²) in [6.45, 7) is 5.90. The highest BCUT2D eigenvalue weighted by Crippen LogP contribution is 2.16. The van der Waals surface area contributed by atoms with Crippen molar-refractivity contribution in [3.63, 3.8) is 0 Å². The Morgan fingerprint density at radius 3 is 2.43 bits per heavy atom. The minimum absolute atomic E-state index is 0.0192. The first-order valence-electron chi connectivity index (χ1n) is 11.9. The number of nitrogens with one attached hydrogen (secondary N) is 2. The van der Waals surface area contributed by atoms with E-state index in [1.165, 1.54) is 41.6 Å². The number of thiophene rings is 1. The number of hydrogen-bond acceptors (Lipinski definition) is 6. The highest BCUT2D eigenvalue weighted by molar-refractivity contribution is 7.99. The fourth-order valence-corrected chi connectivity index (χ4v) is 5.05. The average Bonchev–Trinajstić information content (AvgIpc) is 3.34. The molecule has 2 aromatic rings. The van der Waals surface area contributed by atoms with Crippen LogP contribution in [0.4, 0.5) is 9.18 Å². The van der Waals surface area contributed by atoms with Crippen molar-refractivity contribution >= 4 is 40.9 Å². The molecule has 0 fully saturated rings. The van der Waals surface area contributed by atoms with Gasteiger partial charge in [-0.25, -0.2) is 9.18 Å². The monoisotopic (exact) mass is 522 g/mol. The zero-order valence-corrected chi connectivity index (χ0v) is 22.2. The molecule has 2 amide bonds. The van der Waals surface area contributed by atoms with Crippen molar-refractivity contribution in [1.29, 1.82) is 0 Å². The van der Waals surface area contributed by atoms with Crippen LogP contribution in [0.1, 0.15) is 57.6 Å². The molecule has 0 unspecified atom stereocenters. The number of hydrogen-bond donors (Lipinski definition) is 2. The lowest BCUT2D eigenvalue weighted by Crippen LogP contribution is -2.52. The number of ketones is 1. The first kappa shape index (κ1) is 28.8. The SMILES string of the molecule is CCCC[C@H](NC(=O)[C@H](CC(C)C)NC(=O)OCc1ccc(F)cc1)C(=O)CSCc1ccsc1. The van der Waals surface area contributed by atoms with Gasteiger partial charge in [-0.15, -0.1) is 11.8 Å². The molecule has 192 valence electrons. The number of halogens is 1. The number of Topliss-reactive ketones (excluding diaryl/α,β-unsaturated/α-hetero) is 1. The molecule has 0 spiro atoms. The predicted octanol–water partition coefficient (Wildman–Crippen LogP) is 5.71. The van der Waals surface area contributed by atoms with Crippen molar-refractivity contribution in [1.82, 2.24) is 10.6 Å². The summed E-state index contributed by atoms with van der Waals surface area (Å²) < 4.78 is 18.3. The molecule has 2 atom stereocenters. The second kappa shape index (κ2) is 15.6. The van der Waals surface area contributed by atoms with E-state index in [9.17, 15) is 18.8 Å². The first-order valence-corrected chi connectivity index (χ1v) is 14.0. The van der Waals surface area contributed by atoms with Crippen molar-refractivity contribution in [3.8, 4) is 0 Å². The lowest BCUT2D eigenvalue weighted by Gasteiger charge is -2.24. The van der Waals surface area contributed by atoms with Gasteiger partial charge in [-0.2, -0.15) is 11.3 Å². The van der Waals surface area contributed by atoms with Gasteiger partial charge in [0.1, 0.15) is 18.5 Å². The maximum absolute atomic E-state index is 13.1. The van der Waals surface area contributed by atoms with Crippen LogP contribution in [-0.4, -0.2) is 35.6 Å². The van der Waals surface area contributed by atoms with Crippen LogP contribution in [-0.2, 0) is 26.7 Å². The van der Waals surface area contributed by atoms with Crippen LogP contribution < -0.4 is 10.6 Å². The third-order valence-electron chi connectivity index (χ3n) is 5.24. The van der Waals surface area contributed by atoms with E-state index in [1.54, 1.807) is 11.3 Å². The summed E-state index contributed by atoms with van der Waals surface area (Å²) in [5, 5.41) is 9.57. The van der Waals surface area contributed by atoms with Crippen LogP contribution in [0, 0.1) is 11.7 Å². The van der Waals surface area contributed by atoms with Gasteiger partial charge in [-0.1, -0.05) is 45.7 Å². The van der Waals surface area contributed by atoms with Crippen molar-refractivity contribution in [3.05, 3.63) is 58.0 Å². The summed E-state index contributed by atoms with van der Waals surface area (Å²) in [5.74, 6) is 0.412. The highest BCUT2D eigenvalue weighted by Gasteiger charge is 2.27. The second-order valence-electron chi connectivity index (χ2n) is 8.82. The van der Waals surface area contributed by atoms with Crippen molar-refractivity contribution in [2.24, 2.45) is 5.92 Å².